The Hall–Kier alpha value is -3.35. The Morgan fingerprint density at radius 3 is 2.51 bits per heavy atom. The molecule has 37 heavy (non-hydrogen) atoms. The van der Waals surface area contributed by atoms with E-state index in [4.69, 9.17) is 14.2 Å². The van der Waals surface area contributed by atoms with E-state index in [1.54, 1.807) is 20.3 Å². The minimum Gasteiger partial charge on any atom is -0.493 e. The van der Waals surface area contributed by atoms with Gasteiger partial charge in [-0.05, 0) is 54.8 Å². The summed E-state index contributed by atoms with van der Waals surface area (Å²) in [7, 11) is 3.28. The van der Waals surface area contributed by atoms with Crippen LogP contribution in [0.25, 0.3) is 11.1 Å². The van der Waals surface area contributed by atoms with E-state index in [9.17, 15) is 4.79 Å². The minimum absolute atomic E-state index is 0.00445. The van der Waals surface area contributed by atoms with Crippen LogP contribution in [0, 0.1) is 0 Å². The number of nitrogens with zero attached hydrogens (tertiary/aromatic N) is 1. The Morgan fingerprint density at radius 2 is 1.76 bits per heavy atom. The Morgan fingerprint density at radius 1 is 0.946 bits per heavy atom. The summed E-state index contributed by atoms with van der Waals surface area (Å²) in [6, 6.07) is 24.7. The number of methoxy groups -OCH3 is 2. The maximum Gasteiger partial charge on any atom is 0.254 e. The molecule has 1 unspecified atom stereocenters. The molecule has 6 nitrogen and oxygen atoms in total. The summed E-state index contributed by atoms with van der Waals surface area (Å²) in [6.07, 6.45) is 1.74. The van der Waals surface area contributed by atoms with Crippen molar-refractivity contribution in [3.63, 3.8) is 0 Å². The van der Waals surface area contributed by atoms with Crippen molar-refractivity contribution in [3.05, 3.63) is 83.9 Å². The Kier molecular flexibility index (Phi) is 9.58. The molecule has 0 spiro atoms. The number of hydrogen-bond donors (Lipinski definition) is 1. The van der Waals surface area contributed by atoms with E-state index >= 15 is 0 Å². The lowest BCUT2D eigenvalue weighted by atomic mass is 9.83. The molecule has 1 aliphatic rings. The highest BCUT2D eigenvalue weighted by molar-refractivity contribution is 5.95. The predicted octanol–water partition coefficient (Wildman–Crippen LogP) is 5.39. The second kappa shape index (κ2) is 13.3. The highest BCUT2D eigenvalue weighted by atomic mass is 16.5. The molecule has 3 aromatic rings. The van der Waals surface area contributed by atoms with Crippen LogP contribution in [0.1, 0.15) is 41.6 Å². The standard InChI is InChI=1S/C31H38N2O4/c1-4-33(31(34)26-14-15-29(36-3)30(21-26)37-19-9-18-35-2)28-22-32-17-16-27(28)25-13-8-12-24(20-25)23-10-6-5-7-11-23/h5-8,10-15,20-21,27-28,32H,4,9,16-19,22H2,1-3H3/t27-,28?/m1/s1. The smallest absolute Gasteiger partial charge is 0.254 e. The zero-order valence-electron chi connectivity index (χ0n) is 22.1. The Labute approximate surface area is 220 Å². The first-order chi connectivity index (χ1) is 18.2. The Balaban J connectivity index is 1.58. The van der Waals surface area contributed by atoms with Crippen LogP contribution < -0.4 is 14.8 Å². The largest absolute Gasteiger partial charge is 0.493 e. The van der Waals surface area contributed by atoms with Gasteiger partial charge in [-0.3, -0.25) is 4.79 Å². The normalized spacial score (nSPS) is 17.3. The number of piperidine rings is 1. The summed E-state index contributed by atoms with van der Waals surface area (Å²) < 4.78 is 16.5. The van der Waals surface area contributed by atoms with E-state index < -0.39 is 0 Å². The summed E-state index contributed by atoms with van der Waals surface area (Å²) >= 11 is 0. The average Bonchev–Trinajstić information content (AvgIpc) is 2.96. The maximum absolute atomic E-state index is 13.9. The van der Waals surface area contributed by atoms with Crippen molar-refractivity contribution >= 4 is 5.91 Å². The monoisotopic (exact) mass is 502 g/mol. The van der Waals surface area contributed by atoms with Crippen LogP contribution in [0.15, 0.2) is 72.8 Å². The molecule has 1 saturated heterocycles. The first-order valence-corrected chi connectivity index (χ1v) is 13.1. The fourth-order valence-corrected chi connectivity index (χ4v) is 5.14. The van der Waals surface area contributed by atoms with Crippen LogP contribution >= 0.6 is 0 Å². The number of benzene rings is 3. The lowest BCUT2D eigenvalue weighted by Gasteiger charge is -2.40. The summed E-state index contributed by atoms with van der Waals surface area (Å²) in [5, 5.41) is 3.52. The van der Waals surface area contributed by atoms with Crippen LogP contribution in [-0.2, 0) is 4.74 Å². The fourth-order valence-electron chi connectivity index (χ4n) is 5.14. The van der Waals surface area contributed by atoms with E-state index in [0.29, 0.717) is 36.8 Å². The summed E-state index contributed by atoms with van der Waals surface area (Å²) in [4.78, 5) is 15.9. The average molecular weight is 503 g/mol. The molecule has 1 N–H and O–H groups in total. The van der Waals surface area contributed by atoms with Gasteiger partial charge in [0.15, 0.2) is 11.5 Å². The van der Waals surface area contributed by atoms with Gasteiger partial charge in [0, 0.05) is 44.7 Å². The van der Waals surface area contributed by atoms with Gasteiger partial charge in [0.25, 0.3) is 5.91 Å². The second-order valence-corrected chi connectivity index (χ2v) is 9.31. The first-order valence-electron chi connectivity index (χ1n) is 13.1. The molecule has 0 bridgehead atoms. The highest BCUT2D eigenvalue weighted by Gasteiger charge is 2.34. The molecule has 4 rings (SSSR count). The van der Waals surface area contributed by atoms with Gasteiger partial charge in [-0.25, -0.2) is 0 Å². The number of nitrogens with one attached hydrogen (secondary N) is 1. The van der Waals surface area contributed by atoms with Crippen LogP contribution in [0.3, 0.4) is 0 Å². The zero-order chi connectivity index (χ0) is 26.0. The number of amides is 1. The van der Waals surface area contributed by atoms with Crippen molar-refractivity contribution in [2.75, 3.05) is 47.1 Å². The molecule has 0 saturated carbocycles. The molecule has 2 atom stereocenters. The molecule has 1 fully saturated rings. The third-order valence-corrected chi connectivity index (χ3v) is 7.03. The fraction of sp³-hybridized carbons (Fsp3) is 0.387. The van der Waals surface area contributed by atoms with E-state index in [1.165, 1.54) is 16.7 Å². The van der Waals surface area contributed by atoms with E-state index in [0.717, 1.165) is 25.9 Å². The van der Waals surface area contributed by atoms with Gasteiger partial charge in [0.1, 0.15) is 0 Å². The molecule has 1 heterocycles. The number of ether oxygens (including phenoxy) is 3. The van der Waals surface area contributed by atoms with Crippen LogP contribution in [0.2, 0.25) is 0 Å². The molecule has 0 aromatic heterocycles. The maximum atomic E-state index is 13.9. The molecule has 0 aliphatic carbocycles. The Bertz CT molecular complexity index is 1150. The van der Waals surface area contributed by atoms with Crippen molar-refractivity contribution < 1.29 is 19.0 Å². The van der Waals surface area contributed by atoms with E-state index in [2.05, 4.69) is 60.8 Å². The van der Waals surface area contributed by atoms with Gasteiger partial charge in [-0.2, -0.15) is 0 Å². The van der Waals surface area contributed by atoms with Crippen LogP contribution in [-0.4, -0.2) is 63.9 Å². The van der Waals surface area contributed by atoms with Gasteiger partial charge >= 0.3 is 0 Å². The molecular weight excluding hydrogens is 464 g/mol. The van der Waals surface area contributed by atoms with Gasteiger partial charge in [-0.15, -0.1) is 0 Å². The third kappa shape index (κ3) is 6.51. The molecule has 6 heteroatoms. The van der Waals surface area contributed by atoms with Crippen molar-refractivity contribution in [1.29, 1.82) is 0 Å². The van der Waals surface area contributed by atoms with E-state index in [1.807, 2.05) is 23.1 Å². The number of hydrogen-bond acceptors (Lipinski definition) is 5. The van der Waals surface area contributed by atoms with Crippen molar-refractivity contribution in [2.24, 2.45) is 0 Å². The number of carbonyl (C=O) groups is 1. The summed E-state index contributed by atoms with van der Waals surface area (Å²) in [6.45, 7) is 5.48. The molecule has 1 amide bonds. The van der Waals surface area contributed by atoms with Crippen molar-refractivity contribution in [2.45, 2.75) is 31.7 Å². The van der Waals surface area contributed by atoms with Crippen molar-refractivity contribution in [1.82, 2.24) is 10.2 Å². The zero-order valence-corrected chi connectivity index (χ0v) is 22.1. The number of likely N-dealkylation sites (N-methyl/N-ethyl adjacent to an activating group) is 1. The third-order valence-electron chi connectivity index (χ3n) is 7.03. The molecule has 3 aromatic carbocycles. The lowest BCUT2D eigenvalue weighted by Crippen LogP contribution is -2.52. The highest BCUT2D eigenvalue weighted by Crippen LogP contribution is 2.34. The van der Waals surface area contributed by atoms with Gasteiger partial charge in [0.05, 0.1) is 19.8 Å². The van der Waals surface area contributed by atoms with Crippen molar-refractivity contribution in [3.8, 4) is 22.6 Å². The SMILES string of the molecule is CCN(C(=O)c1ccc(OC)c(OCCCOC)c1)C1CNCC[C@@H]1c1cccc(-c2ccccc2)c1. The summed E-state index contributed by atoms with van der Waals surface area (Å²) in [5.74, 6) is 1.45. The molecule has 0 radical (unpaired) electrons. The van der Waals surface area contributed by atoms with Gasteiger partial charge < -0.3 is 24.4 Å². The molecular formula is C31H38N2O4. The predicted molar refractivity (Wildman–Crippen MR) is 148 cm³/mol. The summed E-state index contributed by atoms with van der Waals surface area (Å²) in [5.41, 5.74) is 4.28. The van der Waals surface area contributed by atoms with E-state index in [-0.39, 0.29) is 17.9 Å². The first kappa shape index (κ1) is 26.7. The van der Waals surface area contributed by atoms with Gasteiger partial charge in [-0.1, -0.05) is 54.6 Å². The quantitative estimate of drug-likeness (QED) is 0.357. The lowest BCUT2D eigenvalue weighted by molar-refractivity contribution is 0.0633. The topological polar surface area (TPSA) is 60.0 Å². The number of carbonyl (C=O) groups excluding carboxylic acids is 1. The minimum atomic E-state index is 0.00445. The molecule has 1 aliphatic heterocycles. The van der Waals surface area contributed by atoms with Crippen LogP contribution in [0.5, 0.6) is 11.5 Å². The number of rotatable bonds is 11. The van der Waals surface area contributed by atoms with Crippen LogP contribution in [0.4, 0.5) is 0 Å². The molecule has 196 valence electrons. The second-order valence-electron chi connectivity index (χ2n) is 9.31. The van der Waals surface area contributed by atoms with Gasteiger partial charge in [0.2, 0.25) is 0 Å².